The van der Waals surface area contributed by atoms with Crippen LogP contribution in [-0.2, 0) is 4.79 Å². The topological polar surface area (TPSA) is 130 Å². The Morgan fingerprint density at radius 3 is 2.77 bits per heavy atom. The van der Waals surface area contributed by atoms with Crippen LogP contribution in [0, 0.1) is 6.92 Å². The molecular weight excluding hydrogens is 290 g/mol. The summed E-state index contributed by atoms with van der Waals surface area (Å²) in [6.45, 7) is 1.15. The van der Waals surface area contributed by atoms with Crippen molar-refractivity contribution in [1.29, 1.82) is 0 Å². The summed E-state index contributed by atoms with van der Waals surface area (Å²) in [4.78, 5) is 24.2. The van der Waals surface area contributed by atoms with E-state index in [-0.39, 0.29) is 17.2 Å². The lowest BCUT2D eigenvalue weighted by Gasteiger charge is -2.02. The van der Waals surface area contributed by atoms with Crippen molar-refractivity contribution in [2.24, 2.45) is 5.10 Å². The largest absolute Gasteiger partial charge is 0.482 e. The number of H-pyrrole nitrogens is 1. The highest BCUT2D eigenvalue weighted by molar-refractivity contribution is 5.80. The van der Waals surface area contributed by atoms with E-state index in [0.717, 1.165) is 5.56 Å². The number of ether oxygens (including phenoxy) is 1. The Kier molecular flexibility index (Phi) is 4.81. The average molecular weight is 303 g/mol. The van der Waals surface area contributed by atoms with Gasteiger partial charge in [-0.2, -0.15) is 5.10 Å². The maximum Gasteiger partial charge on any atom is 0.341 e. The molecule has 22 heavy (non-hydrogen) atoms. The molecule has 0 atom stereocenters. The number of carbonyl (C=O) groups is 1. The quantitative estimate of drug-likeness (QED) is 0.519. The molecule has 0 amide bonds. The van der Waals surface area contributed by atoms with Crippen LogP contribution >= 0.6 is 0 Å². The highest BCUT2D eigenvalue weighted by Gasteiger charge is 1.99. The number of carboxylic acids is 1. The van der Waals surface area contributed by atoms with E-state index in [4.69, 9.17) is 9.84 Å². The number of benzene rings is 1. The van der Waals surface area contributed by atoms with Crippen LogP contribution in [0.3, 0.4) is 0 Å². The first kappa shape index (κ1) is 15.2. The van der Waals surface area contributed by atoms with Crippen LogP contribution in [0.4, 0.5) is 5.95 Å². The molecule has 1 heterocycles. The second-order valence-corrected chi connectivity index (χ2v) is 4.21. The molecule has 2 aromatic rings. The molecule has 1 aromatic carbocycles. The summed E-state index contributed by atoms with van der Waals surface area (Å²) in [7, 11) is 0. The number of aryl methyl sites for hydroxylation is 1. The highest BCUT2D eigenvalue weighted by Crippen LogP contribution is 2.10. The van der Waals surface area contributed by atoms with E-state index < -0.39 is 12.6 Å². The molecule has 9 nitrogen and oxygen atoms in total. The monoisotopic (exact) mass is 303 g/mol. The van der Waals surface area contributed by atoms with Gasteiger partial charge >= 0.3 is 5.97 Å². The van der Waals surface area contributed by atoms with Gasteiger partial charge in [-0.25, -0.2) is 10.2 Å². The van der Waals surface area contributed by atoms with Crippen molar-refractivity contribution in [2.45, 2.75) is 6.92 Å². The number of nitrogens with zero attached hydrogens (tertiary/aromatic N) is 3. The van der Waals surface area contributed by atoms with Crippen molar-refractivity contribution in [3.63, 3.8) is 0 Å². The standard InChI is InChI=1S/C13H13N5O4/c1-8-12(21)15-13(18-16-8)17-14-6-9-2-4-10(5-3-9)22-7-11(19)20/h2-6H,7H2,1H3,(H,19,20)(H2,15,17,18,21)/b14-6-. The molecule has 2 rings (SSSR count). The summed E-state index contributed by atoms with van der Waals surface area (Å²) >= 11 is 0. The fraction of sp³-hybridized carbons (Fsp3) is 0.154. The van der Waals surface area contributed by atoms with Crippen molar-refractivity contribution in [1.82, 2.24) is 15.2 Å². The first-order chi connectivity index (χ1) is 10.5. The Balaban J connectivity index is 1.93. The fourth-order valence-electron chi connectivity index (χ4n) is 1.41. The van der Waals surface area contributed by atoms with Gasteiger partial charge in [-0.1, -0.05) is 0 Å². The van der Waals surface area contributed by atoms with Crippen molar-refractivity contribution < 1.29 is 14.6 Å². The van der Waals surface area contributed by atoms with E-state index in [0.29, 0.717) is 5.75 Å². The number of hydrazone groups is 1. The van der Waals surface area contributed by atoms with Gasteiger partial charge in [0.2, 0.25) is 5.95 Å². The molecule has 3 N–H and O–H groups in total. The minimum Gasteiger partial charge on any atom is -0.482 e. The zero-order valence-corrected chi connectivity index (χ0v) is 11.6. The molecule has 0 saturated carbocycles. The van der Waals surface area contributed by atoms with E-state index in [1.807, 2.05) is 0 Å². The number of aliphatic carboxylic acids is 1. The van der Waals surface area contributed by atoms with E-state index in [1.165, 1.54) is 6.21 Å². The van der Waals surface area contributed by atoms with Crippen molar-refractivity contribution in [2.75, 3.05) is 12.0 Å². The summed E-state index contributed by atoms with van der Waals surface area (Å²) in [5.41, 5.74) is 3.22. The normalized spacial score (nSPS) is 10.6. The third-order valence-electron chi connectivity index (χ3n) is 2.49. The van der Waals surface area contributed by atoms with E-state index >= 15 is 0 Å². The molecule has 114 valence electrons. The summed E-state index contributed by atoms with van der Waals surface area (Å²) in [5, 5.41) is 19.8. The molecule has 0 aliphatic rings. The number of carboxylic acid groups (broad SMARTS) is 1. The van der Waals surface area contributed by atoms with Crippen LogP contribution in [0.15, 0.2) is 34.2 Å². The van der Waals surface area contributed by atoms with Gasteiger partial charge in [0.15, 0.2) is 6.61 Å². The van der Waals surface area contributed by atoms with Crippen LogP contribution in [0.1, 0.15) is 11.3 Å². The maximum atomic E-state index is 11.3. The van der Waals surface area contributed by atoms with Crippen LogP contribution in [0.25, 0.3) is 0 Å². The fourth-order valence-corrected chi connectivity index (χ4v) is 1.41. The zero-order chi connectivity index (χ0) is 15.9. The van der Waals surface area contributed by atoms with Gasteiger partial charge < -0.3 is 9.84 Å². The van der Waals surface area contributed by atoms with E-state index in [9.17, 15) is 9.59 Å². The van der Waals surface area contributed by atoms with Gasteiger partial charge in [-0.3, -0.25) is 9.78 Å². The molecule has 0 aliphatic carbocycles. The lowest BCUT2D eigenvalue weighted by Crippen LogP contribution is -2.15. The van der Waals surface area contributed by atoms with Gasteiger partial charge in [0, 0.05) is 0 Å². The molecule has 0 radical (unpaired) electrons. The lowest BCUT2D eigenvalue weighted by molar-refractivity contribution is -0.139. The number of rotatable bonds is 6. The van der Waals surface area contributed by atoms with Gasteiger partial charge in [-0.05, 0) is 36.8 Å². The van der Waals surface area contributed by atoms with Gasteiger partial charge in [0.05, 0.1) is 6.21 Å². The molecule has 0 fully saturated rings. The second kappa shape index (κ2) is 6.97. The predicted octanol–water partition coefficient (Wildman–Crippen LogP) is 0.383. The first-order valence-corrected chi connectivity index (χ1v) is 6.22. The van der Waals surface area contributed by atoms with Crippen LogP contribution in [-0.4, -0.2) is 39.1 Å². The van der Waals surface area contributed by atoms with Gasteiger partial charge in [0.25, 0.3) is 5.56 Å². The predicted molar refractivity (Wildman–Crippen MR) is 78.2 cm³/mol. The number of aromatic nitrogens is 3. The summed E-state index contributed by atoms with van der Waals surface area (Å²) in [6.07, 6.45) is 1.50. The van der Waals surface area contributed by atoms with Gasteiger partial charge in [-0.15, -0.1) is 10.2 Å². The average Bonchev–Trinajstić information content (AvgIpc) is 2.50. The SMILES string of the molecule is Cc1nnc(N/N=C\c2ccc(OCC(=O)O)cc2)[nH]c1=O. The molecule has 0 unspecified atom stereocenters. The van der Waals surface area contributed by atoms with E-state index in [1.54, 1.807) is 31.2 Å². The third-order valence-corrected chi connectivity index (χ3v) is 2.49. The smallest absolute Gasteiger partial charge is 0.341 e. The van der Waals surface area contributed by atoms with E-state index in [2.05, 4.69) is 25.7 Å². The Morgan fingerprint density at radius 1 is 1.41 bits per heavy atom. The molecule has 0 aliphatic heterocycles. The summed E-state index contributed by atoms with van der Waals surface area (Å²) in [6, 6.07) is 6.65. The lowest BCUT2D eigenvalue weighted by atomic mass is 10.2. The van der Waals surface area contributed by atoms with Crippen molar-refractivity contribution in [3.8, 4) is 5.75 Å². The number of hydrogen-bond donors (Lipinski definition) is 3. The highest BCUT2D eigenvalue weighted by atomic mass is 16.5. The van der Waals surface area contributed by atoms with Gasteiger partial charge in [0.1, 0.15) is 11.4 Å². The molecule has 0 spiro atoms. The minimum absolute atomic E-state index is 0.133. The molecule has 0 bridgehead atoms. The number of aromatic amines is 1. The molecule has 9 heteroatoms. The van der Waals surface area contributed by atoms with Crippen molar-refractivity contribution in [3.05, 3.63) is 45.9 Å². The number of hydrogen-bond acceptors (Lipinski definition) is 7. The zero-order valence-electron chi connectivity index (χ0n) is 11.6. The van der Waals surface area contributed by atoms with Crippen LogP contribution in [0.5, 0.6) is 5.75 Å². The molecule has 0 saturated heterocycles. The maximum absolute atomic E-state index is 11.3. The summed E-state index contributed by atoms with van der Waals surface area (Å²) < 4.78 is 5.00. The third kappa shape index (κ3) is 4.40. The Bertz CT molecular complexity index is 739. The minimum atomic E-state index is -1.04. The first-order valence-electron chi connectivity index (χ1n) is 6.22. The Morgan fingerprint density at radius 2 is 2.14 bits per heavy atom. The molecule has 1 aromatic heterocycles. The number of anilines is 1. The summed E-state index contributed by atoms with van der Waals surface area (Å²) in [5.74, 6) is -0.461. The number of nitrogens with one attached hydrogen (secondary N) is 2. The molecular formula is C13H13N5O4. The van der Waals surface area contributed by atoms with Crippen LogP contribution in [0.2, 0.25) is 0 Å². The second-order valence-electron chi connectivity index (χ2n) is 4.21. The Hall–Kier alpha value is -3.23. The van der Waals surface area contributed by atoms with Crippen LogP contribution < -0.4 is 15.7 Å². The van der Waals surface area contributed by atoms with Crippen molar-refractivity contribution >= 4 is 18.1 Å². The Labute approximate surface area is 124 Å².